The number of urea groups is 1. The Morgan fingerprint density at radius 2 is 1.80 bits per heavy atom. The molecule has 0 aliphatic rings. The van der Waals surface area contributed by atoms with Crippen molar-refractivity contribution in [2.45, 2.75) is 13.8 Å². The smallest absolute Gasteiger partial charge is 0.341 e. The van der Waals surface area contributed by atoms with Crippen molar-refractivity contribution in [2.75, 3.05) is 23.8 Å². The van der Waals surface area contributed by atoms with Crippen LogP contribution in [0.5, 0.6) is 5.75 Å². The summed E-state index contributed by atoms with van der Waals surface area (Å²) in [6, 6.07) is 13.7. The Balaban J connectivity index is 1.87. The molecule has 0 fully saturated rings. The average molecular weight is 445 g/mol. The van der Waals surface area contributed by atoms with E-state index in [4.69, 9.17) is 21.1 Å². The Kier molecular flexibility index (Phi) is 7.32. The Morgan fingerprint density at radius 1 is 1.03 bits per heavy atom. The Hall–Kier alpha value is -3.03. The van der Waals surface area contributed by atoms with Crippen LogP contribution in [0.4, 0.5) is 15.5 Å². The fourth-order valence-corrected chi connectivity index (χ4v) is 3.94. The van der Waals surface area contributed by atoms with Gasteiger partial charge in [0.1, 0.15) is 16.3 Å². The summed E-state index contributed by atoms with van der Waals surface area (Å²) in [5.41, 5.74) is 2.36. The van der Waals surface area contributed by atoms with E-state index in [1.54, 1.807) is 31.2 Å². The predicted octanol–water partition coefficient (Wildman–Crippen LogP) is 6.29. The number of amides is 2. The number of esters is 1. The minimum Gasteiger partial charge on any atom is -0.494 e. The molecule has 0 aliphatic carbocycles. The molecule has 1 heterocycles. The van der Waals surface area contributed by atoms with E-state index in [1.165, 1.54) is 11.3 Å². The lowest BCUT2D eigenvalue weighted by Crippen LogP contribution is -2.20. The number of halogens is 1. The molecule has 6 nitrogen and oxygen atoms in total. The van der Waals surface area contributed by atoms with E-state index >= 15 is 0 Å². The van der Waals surface area contributed by atoms with Crippen LogP contribution in [0, 0.1) is 0 Å². The van der Waals surface area contributed by atoms with E-state index in [-0.39, 0.29) is 6.61 Å². The van der Waals surface area contributed by atoms with Gasteiger partial charge in [-0.3, -0.25) is 5.32 Å². The van der Waals surface area contributed by atoms with Crippen LogP contribution in [0.1, 0.15) is 24.2 Å². The molecule has 0 radical (unpaired) electrons. The van der Waals surface area contributed by atoms with Crippen molar-refractivity contribution in [2.24, 2.45) is 0 Å². The van der Waals surface area contributed by atoms with Crippen LogP contribution >= 0.6 is 22.9 Å². The molecule has 3 aromatic rings. The molecule has 0 saturated heterocycles. The topological polar surface area (TPSA) is 76.7 Å². The molecular weight excluding hydrogens is 424 g/mol. The number of thiophene rings is 1. The molecule has 156 valence electrons. The number of ether oxygens (including phenoxy) is 2. The Labute approximate surface area is 183 Å². The maximum atomic E-state index is 12.6. The summed E-state index contributed by atoms with van der Waals surface area (Å²) in [6.45, 7) is 4.45. The van der Waals surface area contributed by atoms with Crippen molar-refractivity contribution in [3.63, 3.8) is 0 Å². The highest BCUT2D eigenvalue weighted by Crippen LogP contribution is 2.37. The molecule has 0 saturated carbocycles. The predicted molar refractivity (Wildman–Crippen MR) is 121 cm³/mol. The molecule has 2 amide bonds. The van der Waals surface area contributed by atoms with Crippen molar-refractivity contribution in [3.05, 3.63) is 64.5 Å². The van der Waals surface area contributed by atoms with Crippen LogP contribution in [0.25, 0.3) is 11.1 Å². The zero-order valence-corrected chi connectivity index (χ0v) is 18.1. The first-order valence-corrected chi connectivity index (χ1v) is 10.6. The molecule has 0 bridgehead atoms. The van der Waals surface area contributed by atoms with Gasteiger partial charge >= 0.3 is 12.0 Å². The second-order valence-corrected chi connectivity index (χ2v) is 7.44. The number of nitrogens with one attached hydrogen (secondary N) is 2. The van der Waals surface area contributed by atoms with Crippen molar-refractivity contribution in [3.8, 4) is 16.9 Å². The van der Waals surface area contributed by atoms with E-state index in [0.717, 1.165) is 11.3 Å². The molecule has 0 aliphatic heterocycles. The van der Waals surface area contributed by atoms with Gasteiger partial charge in [-0.15, -0.1) is 11.3 Å². The normalized spacial score (nSPS) is 10.4. The molecule has 2 N–H and O–H groups in total. The van der Waals surface area contributed by atoms with Gasteiger partial charge in [0.2, 0.25) is 0 Å². The van der Waals surface area contributed by atoms with Crippen LogP contribution in [-0.2, 0) is 4.74 Å². The van der Waals surface area contributed by atoms with E-state index in [0.29, 0.717) is 33.4 Å². The molecule has 0 unspecified atom stereocenters. The minimum atomic E-state index is -0.499. The Bertz CT molecular complexity index is 1030. The molecule has 30 heavy (non-hydrogen) atoms. The van der Waals surface area contributed by atoms with E-state index < -0.39 is 12.0 Å². The zero-order chi connectivity index (χ0) is 21.5. The van der Waals surface area contributed by atoms with Gasteiger partial charge < -0.3 is 14.8 Å². The summed E-state index contributed by atoms with van der Waals surface area (Å²) in [4.78, 5) is 25.1. The largest absolute Gasteiger partial charge is 0.494 e. The maximum Gasteiger partial charge on any atom is 0.341 e. The number of rotatable bonds is 7. The number of anilines is 2. The summed E-state index contributed by atoms with van der Waals surface area (Å²) in [5, 5.41) is 8.17. The van der Waals surface area contributed by atoms with Crippen LogP contribution in [0.3, 0.4) is 0 Å². The number of carbonyl (C=O) groups excluding carboxylic acids is 2. The third-order valence-electron chi connectivity index (χ3n) is 4.06. The number of hydrogen-bond acceptors (Lipinski definition) is 5. The van der Waals surface area contributed by atoms with Crippen molar-refractivity contribution >= 4 is 45.6 Å². The van der Waals surface area contributed by atoms with E-state index in [9.17, 15) is 9.59 Å². The van der Waals surface area contributed by atoms with Gasteiger partial charge in [-0.2, -0.15) is 0 Å². The lowest BCUT2D eigenvalue weighted by atomic mass is 10.0. The van der Waals surface area contributed by atoms with Crippen LogP contribution in [-0.4, -0.2) is 25.2 Å². The van der Waals surface area contributed by atoms with Gasteiger partial charge in [0, 0.05) is 21.7 Å². The van der Waals surface area contributed by atoms with Crippen LogP contribution < -0.4 is 15.4 Å². The molecule has 1 aromatic heterocycles. The summed E-state index contributed by atoms with van der Waals surface area (Å²) < 4.78 is 10.7. The monoisotopic (exact) mass is 444 g/mol. The number of carbonyl (C=O) groups is 2. The average Bonchev–Trinajstić information content (AvgIpc) is 3.12. The third kappa shape index (κ3) is 5.31. The second kappa shape index (κ2) is 10.1. The summed E-state index contributed by atoms with van der Waals surface area (Å²) in [6.07, 6.45) is 0. The van der Waals surface area contributed by atoms with E-state index in [1.807, 2.05) is 36.6 Å². The van der Waals surface area contributed by atoms with Gasteiger partial charge in [-0.1, -0.05) is 29.8 Å². The molecule has 3 rings (SSSR count). The number of hydrogen-bond donors (Lipinski definition) is 2. The first kappa shape index (κ1) is 21.7. The quantitative estimate of drug-likeness (QED) is 0.420. The fraction of sp³-hybridized carbons (Fsp3) is 0.182. The van der Waals surface area contributed by atoms with Gasteiger partial charge in [-0.25, -0.2) is 9.59 Å². The molecule has 0 atom stereocenters. The van der Waals surface area contributed by atoms with Gasteiger partial charge in [-0.05, 0) is 49.7 Å². The van der Waals surface area contributed by atoms with Gasteiger partial charge in [0.15, 0.2) is 0 Å². The highest BCUT2D eigenvalue weighted by atomic mass is 35.5. The zero-order valence-electron chi connectivity index (χ0n) is 16.5. The van der Waals surface area contributed by atoms with Gasteiger partial charge in [0.25, 0.3) is 0 Å². The SMILES string of the molecule is CCOC(=O)c1c(-c2ccc(OCC)cc2)csc1NC(=O)Nc1cccc(Cl)c1. The first-order valence-electron chi connectivity index (χ1n) is 9.37. The maximum absolute atomic E-state index is 12.6. The molecule has 0 spiro atoms. The number of benzene rings is 2. The van der Waals surface area contributed by atoms with Crippen molar-refractivity contribution < 1.29 is 19.1 Å². The van der Waals surface area contributed by atoms with E-state index in [2.05, 4.69) is 10.6 Å². The second-order valence-electron chi connectivity index (χ2n) is 6.12. The van der Waals surface area contributed by atoms with Crippen molar-refractivity contribution in [1.29, 1.82) is 0 Å². The summed E-state index contributed by atoms with van der Waals surface area (Å²) in [5.74, 6) is 0.245. The minimum absolute atomic E-state index is 0.228. The summed E-state index contributed by atoms with van der Waals surface area (Å²) >= 11 is 7.20. The highest BCUT2D eigenvalue weighted by Gasteiger charge is 2.23. The van der Waals surface area contributed by atoms with Crippen molar-refractivity contribution in [1.82, 2.24) is 0 Å². The Morgan fingerprint density at radius 3 is 2.47 bits per heavy atom. The third-order valence-corrected chi connectivity index (χ3v) is 5.19. The highest BCUT2D eigenvalue weighted by molar-refractivity contribution is 7.15. The standard InChI is InChI=1S/C22H21ClN2O4S/c1-3-28-17-10-8-14(9-11-17)18-13-30-20(19(18)21(26)29-4-2)25-22(27)24-16-7-5-6-15(23)12-16/h5-13H,3-4H2,1-2H3,(H2,24,25,27). The first-order chi connectivity index (χ1) is 14.5. The molecular formula is C22H21ClN2O4S. The fourth-order valence-electron chi connectivity index (χ4n) is 2.80. The molecule has 8 heteroatoms. The van der Waals surface area contributed by atoms with Crippen LogP contribution in [0.15, 0.2) is 53.9 Å². The van der Waals surface area contributed by atoms with Gasteiger partial charge in [0.05, 0.1) is 13.2 Å². The summed E-state index contributed by atoms with van der Waals surface area (Å²) in [7, 11) is 0. The lowest BCUT2D eigenvalue weighted by molar-refractivity contribution is 0.0529. The lowest BCUT2D eigenvalue weighted by Gasteiger charge is -2.10. The molecule has 2 aromatic carbocycles. The van der Waals surface area contributed by atoms with Crippen LogP contribution in [0.2, 0.25) is 5.02 Å².